The van der Waals surface area contributed by atoms with Gasteiger partial charge in [0.15, 0.2) is 0 Å². The van der Waals surface area contributed by atoms with Crippen molar-refractivity contribution in [2.24, 2.45) is 5.73 Å². The molecule has 0 aliphatic heterocycles. The average Bonchev–Trinajstić information content (AvgIpc) is 2.78. The van der Waals surface area contributed by atoms with Gasteiger partial charge in [-0.2, -0.15) is 0 Å². The maximum absolute atomic E-state index is 6.08. The van der Waals surface area contributed by atoms with Gasteiger partial charge >= 0.3 is 0 Å². The monoisotopic (exact) mass is 339 g/mol. The molecule has 0 spiro atoms. The van der Waals surface area contributed by atoms with Gasteiger partial charge in [-0.3, -0.25) is 0 Å². The van der Waals surface area contributed by atoms with Gasteiger partial charge in [-0.05, 0) is 43.5 Å². The van der Waals surface area contributed by atoms with Crippen LogP contribution in [0, 0.1) is 6.92 Å². The highest BCUT2D eigenvalue weighted by Gasteiger charge is 2.11. The minimum absolute atomic E-state index is 0.214. The van der Waals surface area contributed by atoms with Crippen LogP contribution >= 0.6 is 27.7 Å². The van der Waals surface area contributed by atoms with E-state index in [1.165, 1.54) is 10.5 Å². The van der Waals surface area contributed by atoms with Crippen LogP contribution in [0.15, 0.2) is 49.2 Å². The van der Waals surface area contributed by atoms with E-state index in [4.69, 9.17) is 10.2 Å². The number of benzene rings is 1. The third-order valence-electron chi connectivity index (χ3n) is 3.07. The van der Waals surface area contributed by atoms with Gasteiger partial charge in [0.2, 0.25) is 0 Å². The average molecular weight is 340 g/mol. The molecule has 2 aromatic rings. The summed E-state index contributed by atoms with van der Waals surface area (Å²) >= 11 is 5.27. The third kappa shape index (κ3) is 3.88. The van der Waals surface area contributed by atoms with Crippen LogP contribution in [0.25, 0.3) is 0 Å². The summed E-state index contributed by atoms with van der Waals surface area (Å²) in [5, 5.41) is 0. The molecule has 1 aromatic heterocycles. The fraction of sp³-hybridized carbons (Fsp3) is 0.333. The Labute approximate surface area is 126 Å². The molecule has 2 nitrogen and oxygen atoms in total. The van der Waals surface area contributed by atoms with Crippen molar-refractivity contribution in [1.29, 1.82) is 0 Å². The summed E-state index contributed by atoms with van der Waals surface area (Å²) < 4.78 is 6.44. The molecule has 0 fully saturated rings. The van der Waals surface area contributed by atoms with E-state index in [0.717, 1.165) is 28.0 Å². The van der Waals surface area contributed by atoms with Crippen LogP contribution in [0.4, 0.5) is 0 Å². The minimum atomic E-state index is 0.214. The van der Waals surface area contributed by atoms with Crippen molar-refractivity contribution in [2.75, 3.05) is 0 Å². The van der Waals surface area contributed by atoms with Crippen molar-refractivity contribution in [3.63, 3.8) is 0 Å². The van der Waals surface area contributed by atoms with Crippen LogP contribution in [0.2, 0.25) is 0 Å². The predicted molar refractivity (Wildman–Crippen MR) is 83.7 cm³/mol. The Morgan fingerprint density at radius 2 is 2.11 bits per heavy atom. The Bertz CT molecular complexity index is 553. The van der Waals surface area contributed by atoms with Crippen LogP contribution in [0.5, 0.6) is 0 Å². The largest absolute Gasteiger partial charge is 0.468 e. The summed E-state index contributed by atoms with van der Waals surface area (Å²) in [4.78, 5) is 2.40. The van der Waals surface area contributed by atoms with Crippen molar-refractivity contribution >= 4 is 27.7 Å². The summed E-state index contributed by atoms with van der Waals surface area (Å²) in [5.41, 5.74) is 7.37. The van der Waals surface area contributed by atoms with Gasteiger partial charge < -0.3 is 10.2 Å². The molecule has 0 radical (unpaired) electrons. The summed E-state index contributed by atoms with van der Waals surface area (Å²) in [5.74, 6) is 0.954. The zero-order valence-corrected chi connectivity index (χ0v) is 13.6. The zero-order chi connectivity index (χ0) is 13.8. The number of nitrogens with two attached hydrogens (primary N) is 1. The standard InChI is InChI=1S/C15H18BrNOS/c1-3-13(17)8-11-4-5-12(16)9-15(11)19-14-6-7-18-10(14)2/h4-7,9,13H,3,8,17H2,1-2H3. The van der Waals surface area contributed by atoms with Gasteiger partial charge in [0.05, 0.1) is 11.2 Å². The quantitative estimate of drug-likeness (QED) is 0.851. The molecule has 0 aliphatic rings. The molecule has 2 rings (SSSR count). The highest BCUT2D eigenvalue weighted by molar-refractivity contribution is 9.10. The molecule has 102 valence electrons. The van der Waals surface area contributed by atoms with Crippen LogP contribution < -0.4 is 5.73 Å². The normalized spacial score (nSPS) is 12.6. The van der Waals surface area contributed by atoms with Crippen molar-refractivity contribution in [2.45, 2.75) is 42.5 Å². The SMILES string of the molecule is CCC(N)Cc1ccc(Br)cc1Sc1ccoc1C. The van der Waals surface area contributed by atoms with Crippen molar-refractivity contribution < 1.29 is 4.42 Å². The molecule has 19 heavy (non-hydrogen) atoms. The summed E-state index contributed by atoms with van der Waals surface area (Å²) in [6.45, 7) is 4.11. The second kappa shape index (κ2) is 6.64. The third-order valence-corrected chi connectivity index (χ3v) is 4.80. The number of hydrogen-bond donors (Lipinski definition) is 1. The number of hydrogen-bond acceptors (Lipinski definition) is 3. The molecule has 0 bridgehead atoms. The lowest BCUT2D eigenvalue weighted by molar-refractivity contribution is 0.527. The van der Waals surface area contributed by atoms with E-state index in [0.29, 0.717) is 0 Å². The second-order valence-corrected chi connectivity index (χ2v) is 6.57. The number of furan rings is 1. The smallest absolute Gasteiger partial charge is 0.114 e. The molecule has 0 saturated heterocycles. The molecule has 4 heteroatoms. The van der Waals surface area contributed by atoms with Crippen LogP contribution in [0.1, 0.15) is 24.7 Å². The van der Waals surface area contributed by atoms with E-state index in [-0.39, 0.29) is 6.04 Å². The Hall–Kier alpha value is -0.710. The van der Waals surface area contributed by atoms with E-state index in [1.807, 2.05) is 13.0 Å². The molecule has 0 saturated carbocycles. The van der Waals surface area contributed by atoms with E-state index in [1.54, 1.807) is 18.0 Å². The first-order valence-corrected chi connectivity index (χ1v) is 7.97. The van der Waals surface area contributed by atoms with Gasteiger partial charge in [-0.15, -0.1) is 0 Å². The molecule has 0 aliphatic carbocycles. The Morgan fingerprint density at radius 1 is 1.32 bits per heavy atom. The maximum atomic E-state index is 6.08. The Kier molecular flexibility index (Phi) is 5.13. The van der Waals surface area contributed by atoms with Gasteiger partial charge in [0, 0.05) is 15.4 Å². The Morgan fingerprint density at radius 3 is 2.74 bits per heavy atom. The summed E-state index contributed by atoms with van der Waals surface area (Å²) in [7, 11) is 0. The van der Waals surface area contributed by atoms with Gasteiger partial charge in [-0.1, -0.05) is 40.7 Å². The molecular weight excluding hydrogens is 322 g/mol. The van der Waals surface area contributed by atoms with Crippen molar-refractivity contribution in [3.8, 4) is 0 Å². The molecule has 1 heterocycles. The highest BCUT2D eigenvalue weighted by Crippen LogP contribution is 2.35. The zero-order valence-electron chi connectivity index (χ0n) is 11.2. The lowest BCUT2D eigenvalue weighted by Gasteiger charge is -2.13. The lowest BCUT2D eigenvalue weighted by Crippen LogP contribution is -2.21. The first-order valence-electron chi connectivity index (χ1n) is 6.36. The van der Waals surface area contributed by atoms with E-state index in [2.05, 4.69) is 41.1 Å². The fourth-order valence-electron chi connectivity index (χ4n) is 1.82. The Balaban J connectivity index is 2.27. The number of aryl methyl sites for hydroxylation is 1. The predicted octanol–water partition coefficient (Wildman–Crippen LogP) is 4.78. The fourth-order valence-corrected chi connectivity index (χ4v) is 3.35. The molecule has 1 aromatic carbocycles. The van der Waals surface area contributed by atoms with Crippen LogP contribution in [-0.4, -0.2) is 6.04 Å². The lowest BCUT2D eigenvalue weighted by atomic mass is 10.1. The topological polar surface area (TPSA) is 39.2 Å². The van der Waals surface area contributed by atoms with Crippen molar-refractivity contribution in [1.82, 2.24) is 0 Å². The van der Waals surface area contributed by atoms with Crippen LogP contribution in [0.3, 0.4) is 0 Å². The summed E-state index contributed by atoms with van der Waals surface area (Å²) in [6.07, 6.45) is 3.63. The van der Waals surface area contributed by atoms with E-state index >= 15 is 0 Å². The molecule has 1 atom stereocenters. The molecule has 1 unspecified atom stereocenters. The summed E-state index contributed by atoms with van der Waals surface area (Å²) in [6, 6.07) is 8.59. The molecule has 2 N–H and O–H groups in total. The van der Waals surface area contributed by atoms with Gasteiger partial charge in [0.25, 0.3) is 0 Å². The first-order chi connectivity index (χ1) is 9.10. The first kappa shape index (κ1) is 14.7. The second-order valence-electron chi connectivity index (χ2n) is 4.57. The van der Waals surface area contributed by atoms with E-state index in [9.17, 15) is 0 Å². The minimum Gasteiger partial charge on any atom is -0.468 e. The number of halogens is 1. The van der Waals surface area contributed by atoms with E-state index < -0.39 is 0 Å². The maximum Gasteiger partial charge on any atom is 0.114 e. The number of rotatable bonds is 5. The highest BCUT2D eigenvalue weighted by atomic mass is 79.9. The van der Waals surface area contributed by atoms with Gasteiger partial charge in [0.1, 0.15) is 5.76 Å². The van der Waals surface area contributed by atoms with Gasteiger partial charge in [-0.25, -0.2) is 0 Å². The molecule has 0 amide bonds. The van der Waals surface area contributed by atoms with Crippen molar-refractivity contribution in [3.05, 3.63) is 46.3 Å². The van der Waals surface area contributed by atoms with Crippen LogP contribution in [-0.2, 0) is 6.42 Å². The molecular formula is C15H18BrNOS.